The lowest BCUT2D eigenvalue weighted by atomic mass is 9.74. The molecule has 1 aliphatic carbocycles. The fourth-order valence-electron chi connectivity index (χ4n) is 2.42. The third kappa shape index (κ3) is 1.91. The van der Waals surface area contributed by atoms with E-state index in [0.717, 1.165) is 11.8 Å². The van der Waals surface area contributed by atoms with Gasteiger partial charge in [0.05, 0.1) is 0 Å². The van der Waals surface area contributed by atoms with Crippen LogP contribution in [0.1, 0.15) is 53.4 Å². The molecule has 0 N–H and O–H groups in total. The van der Waals surface area contributed by atoms with Crippen molar-refractivity contribution in [3.05, 3.63) is 11.1 Å². The van der Waals surface area contributed by atoms with Gasteiger partial charge in [0.1, 0.15) is 0 Å². The maximum absolute atomic E-state index is 2.33. The van der Waals surface area contributed by atoms with Gasteiger partial charge in [-0.1, -0.05) is 37.8 Å². The van der Waals surface area contributed by atoms with E-state index in [1.165, 1.54) is 25.7 Å². The second kappa shape index (κ2) is 4.11. The summed E-state index contributed by atoms with van der Waals surface area (Å²) in [4.78, 5) is 0. The molecule has 0 heteroatoms. The van der Waals surface area contributed by atoms with Gasteiger partial charge < -0.3 is 0 Å². The predicted octanol–water partition coefficient (Wildman–Crippen LogP) is 4.17. The van der Waals surface area contributed by atoms with Crippen molar-refractivity contribution < 1.29 is 0 Å². The molecule has 0 aromatic heterocycles. The summed E-state index contributed by atoms with van der Waals surface area (Å²) in [5, 5.41) is 0. The minimum atomic E-state index is 0.971. The van der Waals surface area contributed by atoms with Crippen LogP contribution in [0.15, 0.2) is 11.1 Å². The Labute approximate surface area is 77.1 Å². The van der Waals surface area contributed by atoms with Crippen molar-refractivity contribution in [1.29, 1.82) is 0 Å². The molecular weight excluding hydrogens is 144 g/mol. The van der Waals surface area contributed by atoms with Crippen LogP contribution in [0, 0.1) is 11.8 Å². The van der Waals surface area contributed by atoms with E-state index in [1.54, 1.807) is 11.1 Å². The third-order valence-corrected chi connectivity index (χ3v) is 3.58. The van der Waals surface area contributed by atoms with Crippen molar-refractivity contribution in [1.82, 2.24) is 0 Å². The van der Waals surface area contributed by atoms with E-state index in [0.29, 0.717) is 0 Å². The normalized spacial score (nSPS) is 31.0. The fraction of sp³-hybridized carbons (Fsp3) is 0.833. The Kier molecular flexibility index (Phi) is 3.37. The van der Waals surface area contributed by atoms with Crippen LogP contribution in [-0.2, 0) is 0 Å². The highest BCUT2D eigenvalue weighted by Crippen LogP contribution is 2.37. The van der Waals surface area contributed by atoms with Crippen LogP contribution >= 0.6 is 0 Å². The van der Waals surface area contributed by atoms with Gasteiger partial charge in [-0.05, 0) is 38.5 Å². The molecule has 0 bridgehead atoms. The van der Waals surface area contributed by atoms with Gasteiger partial charge in [-0.15, -0.1) is 0 Å². The summed E-state index contributed by atoms with van der Waals surface area (Å²) >= 11 is 0. The zero-order valence-corrected chi connectivity index (χ0v) is 8.98. The summed E-state index contributed by atoms with van der Waals surface area (Å²) in [6.07, 6.45) is 5.45. The smallest absolute Gasteiger partial charge is 0.0289 e. The van der Waals surface area contributed by atoms with Gasteiger partial charge in [-0.3, -0.25) is 0 Å². The molecule has 0 aliphatic heterocycles. The van der Waals surface area contributed by atoms with Crippen LogP contribution in [0.5, 0.6) is 0 Å². The number of rotatable bonds is 2. The lowest BCUT2D eigenvalue weighted by Crippen LogP contribution is -2.19. The first kappa shape index (κ1) is 9.83. The second-order valence-corrected chi connectivity index (χ2v) is 4.31. The SMILES string of the molecule is CCC1CC(C)=C(C)CC1CC. The first-order chi connectivity index (χ1) is 5.69. The molecule has 0 amide bonds. The molecule has 1 aliphatic rings. The molecule has 12 heavy (non-hydrogen) atoms. The molecule has 0 saturated carbocycles. The average molecular weight is 166 g/mol. The Hall–Kier alpha value is -0.260. The minimum Gasteiger partial charge on any atom is -0.0741 e. The molecule has 0 aromatic carbocycles. The molecule has 70 valence electrons. The molecule has 1 rings (SSSR count). The molecule has 0 fully saturated rings. The van der Waals surface area contributed by atoms with Gasteiger partial charge in [-0.25, -0.2) is 0 Å². The maximum Gasteiger partial charge on any atom is -0.0289 e. The first-order valence-electron chi connectivity index (χ1n) is 5.34. The molecule has 0 aromatic rings. The molecule has 2 atom stereocenters. The van der Waals surface area contributed by atoms with Gasteiger partial charge >= 0.3 is 0 Å². The van der Waals surface area contributed by atoms with E-state index in [4.69, 9.17) is 0 Å². The Morgan fingerprint density at radius 3 is 1.50 bits per heavy atom. The van der Waals surface area contributed by atoms with E-state index < -0.39 is 0 Å². The number of allylic oxidation sites excluding steroid dienone is 2. The monoisotopic (exact) mass is 166 g/mol. The highest BCUT2D eigenvalue weighted by molar-refractivity contribution is 5.15. The zero-order valence-electron chi connectivity index (χ0n) is 8.98. The van der Waals surface area contributed by atoms with Crippen LogP contribution in [0.25, 0.3) is 0 Å². The van der Waals surface area contributed by atoms with Crippen molar-refractivity contribution >= 4 is 0 Å². The van der Waals surface area contributed by atoms with E-state index in [1.807, 2.05) is 0 Å². The fourth-order valence-corrected chi connectivity index (χ4v) is 2.42. The molecule has 0 nitrogen and oxygen atoms in total. The van der Waals surface area contributed by atoms with E-state index in [2.05, 4.69) is 27.7 Å². The van der Waals surface area contributed by atoms with E-state index >= 15 is 0 Å². The standard InChI is InChI=1S/C12H22/c1-5-11-7-9(3)10(4)8-12(11)6-2/h11-12H,5-8H2,1-4H3. The summed E-state index contributed by atoms with van der Waals surface area (Å²) in [6, 6.07) is 0. The van der Waals surface area contributed by atoms with Gasteiger partial charge in [0.15, 0.2) is 0 Å². The van der Waals surface area contributed by atoms with Crippen molar-refractivity contribution in [2.24, 2.45) is 11.8 Å². The van der Waals surface area contributed by atoms with Crippen LogP contribution in [0.4, 0.5) is 0 Å². The van der Waals surface area contributed by atoms with Gasteiger partial charge in [-0.2, -0.15) is 0 Å². The Morgan fingerprint density at radius 1 is 0.917 bits per heavy atom. The van der Waals surface area contributed by atoms with E-state index in [-0.39, 0.29) is 0 Å². The first-order valence-corrected chi connectivity index (χ1v) is 5.34. The maximum atomic E-state index is 2.33. The predicted molar refractivity (Wildman–Crippen MR) is 55.2 cm³/mol. The second-order valence-electron chi connectivity index (χ2n) is 4.31. The summed E-state index contributed by atoms with van der Waals surface area (Å²) in [5.74, 6) is 1.94. The lowest BCUT2D eigenvalue weighted by Gasteiger charge is -2.31. The third-order valence-electron chi connectivity index (χ3n) is 3.58. The molecular formula is C12H22. The van der Waals surface area contributed by atoms with E-state index in [9.17, 15) is 0 Å². The highest BCUT2D eigenvalue weighted by Gasteiger charge is 2.23. The molecule has 0 heterocycles. The highest BCUT2D eigenvalue weighted by atomic mass is 14.3. The number of hydrogen-bond acceptors (Lipinski definition) is 0. The largest absolute Gasteiger partial charge is 0.0741 e. The van der Waals surface area contributed by atoms with Crippen LogP contribution in [-0.4, -0.2) is 0 Å². The molecule has 2 unspecified atom stereocenters. The Balaban J connectivity index is 2.68. The van der Waals surface area contributed by atoms with Crippen LogP contribution in [0.3, 0.4) is 0 Å². The topological polar surface area (TPSA) is 0 Å². The Bertz CT molecular complexity index is 156. The molecule has 0 saturated heterocycles. The van der Waals surface area contributed by atoms with Gasteiger partial charge in [0.25, 0.3) is 0 Å². The molecule has 0 spiro atoms. The zero-order chi connectivity index (χ0) is 9.14. The van der Waals surface area contributed by atoms with Crippen LogP contribution in [0.2, 0.25) is 0 Å². The minimum absolute atomic E-state index is 0.971. The van der Waals surface area contributed by atoms with Gasteiger partial charge in [0, 0.05) is 0 Å². The van der Waals surface area contributed by atoms with Gasteiger partial charge in [0.2, 0.25) is 0 Å². The Morgan fingerprint density at radius 2 is 1.25 bits per heavy atom. The molecule has 0 radical (unpaired) electrons. The van der Waals surface area contributed by atoms with Crippen molar-refractivity contribution in [3.63, 3.8) is 0 Å². The summed E-state index contributed by atoms with van der Waals surface area (Å²) in [6.45, 7) is 9.29. The summed E-state index contributed by atoms with van der Waals surface area (Å²) in [5.41, 5.74) is 3.32. The summed E-state index contributed by atoms with van der Waals surface area (Å²) < 4.78 is 0. The van der Waals surface area contributed by atoms with Crippen molar-refractivity contribution in [2.75, 3.05) is 0 Å². The van der Waals surface area contributed by atoms with Crippen molar-refractivity contribution in [3.8, 4) is 0 Å². The average Bonchev–Trinajstić information content (AvgIpc) is 2.09. The van der Waals surface area contributed by atoms with Crippen molar-refractivity contribution in [2.45, 2.75) is 53.4 Å². The quantitative estimate of drug-likeness (QED) is 0.540. The lowest BCUT2D eigenvalue weighted by molar-refractivity contribution is 0.289. The summed E-state index contributed by atoms with van der Waals surface area (Å²) in [7, 11) is 0. The van der Waals surface area contributed by atoms with Crippen LogP contribution < -0.4 is 0 Å². The number of hydrogen-bond donors (Lipinski definition) is 0.